The molecule has 1 atom stereocenters. The minimum Gasteiger partial charge on any atom is -0.392 e. The number of hydrogen-bond acceptors (Lipinski definition) is 4. The standard InChI is InChI=1S/C14H21NO4S/c1-10-6-12(9-16)7-14(11(10)2)20(17,18)15-8-13-4-3-5-19-13/h6-7,13,15-16H,3-5,8-9H2,1-2H3. The largest absolute Gasteiger partial charge is 0.392 e. The highest BCUT2D eigenvalue weighted by Crippen LogP contribution is 2.21. The molecule has 0 aromatic heterocycles. The number of hydrogen-bond donors (Lipinski definition) is 2. The number of aryl methyl sites for hydroxylation is 1. The Labute approximate surface area is 120 Å². The number of sulfonamides is 1. The smallest absolute Gasteiger partial charge is 0.240 e. The van der Waals surface area contributed by atoms with Gasteiger partial charge in [0.05, 0.1) is 17.6 Å². The van der Waals surface area contributed by atoms with Gasteiger partial charge in [0.1, 0.15) is 0 Å². The van der Waals surface area contributed by atoms with Gasteiger partial charge in [-0.1, -0.05) is 6.07 Å². The molecule has 0 bridgehead atoms. The zero-order valence-corrected chi connectivity index (χ0v) is 12.7. The summed E-state index contributed by atoms with van der Waals surface area (Å²) in [5.41, 5.74) is 2.17. The molecule has 1 aromatic carbocycles. The van der Waals surface area contributed by atoms with Crippen molar-refractivity contribution in [3.05, 3.63) is 28.8 Å². The van der Waals surface area contributed by atoms with E-state index in [-0.39, 0.29) is 17.6 Å². The third-order valence-electron chi connectivity index (χ3n) is 3.68. The van der Waals surface area contributed by atoms with Crippen molar-refractivity contribution in [1.82, 2.24) is 4.72 Å². The lowest BCUT2D eigenvalue weighted by molar-refractivity contribution is 0.114. The summed E-state index contributed by atoms with van der Waals surface area (Å²) in [6.07, 6.45) is 1.83. The van der Waals surface area contributed by atoms with Crippen LogP contribution < -0.4 is 4.72 Å². The van der Waals surface area contributed by atoms with Crippen molar-refractivity contribution < 1.29 is 18.3 Å². The van der Waals surface area contributed by atoms with Gasteiger partial charge in [0.2, 0.25) is 10.0 Å². The Balaban J connectivity index is 2.21. The summed E-state index contributed by atoms with van der Waals surface area (Å²) < 4.78 is 32.8. The van der Waals surface area contributed by atoms with Crippen LogP contribution in [0, 0.1) is 13.8 Å². The Kier molecular flexibility index (Phi) is 4.80. The van der Waals surface area contributed by atoms with Crippen molar-refractivity contribution >= 4 is 10.0 Å². The summed E-state index contributed by atoms with van der Waals surface area (Å²) in [6.45, 7) is 4.44. The average Bonchev–Trinajstić information content (AvgIpc) is 2.92. The Bertz CT molecular complexity index is 577. The summed E-state index contributed by atoms with van der Waals surface area (Å²) >= 11 is 0. The lowest BCUT2D eigenvalue weighted by Crippen LogP contribution is -2.32. The topological polar surface area (TPSA) is 75.6 Å². The van der Waals surface area contributed by atoms with Crippen LogP contribution in [0.4, 0.5) is 0 Å². The van der Waals surface area contributed by atoms with E-state index in [9.17, 15) is 13.5 Å². The highest BCUT2D eigenvalue weighted by atomic mass is 32.2. The van der Waals surface area contributed by atoms with Crippen LogP contribution >= 0.6 is 0 Å². The predicted octanol–water partition coefficient (Wildman–Crippen LogP) is 1.25. The quantitative estimate of drug-likeness (QED) is 0.858. The molecule has 0 saturated carbocycles. The van der Waals surface area contributed by atoms with Crippen LogP contribution in [0.1, 0.15) is 29.5 Å². The van der Waals surface area contributed by atoms with Gasteiger partial charge in [-0.25, -0.2) is 13.1 Å². The van der Waals surface area contributed by atoms with E-state index in [0.29, 0.717) is 24.3 Å². The molecule has 5 nitrogen and oxygen atoms in total. The van der Waals surface area contributed by atoms with Gasteiger partial charge < -0.3 is 9.84 Å². The lowest BCUT2D eigenvalue weighted by Gasteiger charge is -2.15. The number of ether oxygens (including phenoxy) is 1. The first-order valence-electron chi connectivity index (χ1n) is 6.76. The van der Waals surface area contributed by atoms with E-state index in [0.717, 1.165) is 18.4 Å². The fourth-order valence-corrected chi connectivity index (χ4v) is 3.79. The Morgan fingerprint density at radius 1 is 1.40 bits per heavy atom. The van der Waals surface area contributed by atoms with Crippen LogP contribution in [0.5, 0.6) is 0 Å². The molecule has 0 radical (unpaired) electrons. The van der Waals surface area contributed by atoms with Gasteiger partial charge in [0.15, 0.2) is 0 Å². The second kappa shape index (κ2) is 6.22. The summed E-state index contributed by atoms with van der Waals surface area (Å²) in [4.78, 5) is 0.236. The highest BCUT2D eigenvalue weighted by molar-refractivity contribution is 7.89. The first-order valence-corrected chi connectivity index (χ1v) is 8.24. The Hall–Kier alpha value is -0.950. The van der Waals surface area contributed by atoms with Crippen molar-refractivity contribution in [3.8, 4) is 0 Å². The fourth-order valence-electron chi connectivity index (χ4n) is 2.36. The number of aliphatic hydroxyl groups excluding tert-OH is 1. The maximum absolute atomic E-state index is 12.4. The van der Waals surface area contributed by atoms with E-state index in [1.165, 1.54) is 6.07 Å². The van der Waals surface area contributed by atoms with E-state index in [4.69, 9.17) is 4.74 Å². The summed E-state index contributed by atoms with van der Waals surface area (Å²) in [6, 6.07) is 3.33. The molecule has 1 aromatic rings. The SMILES string of the molecule is Cc1cc(CO)cc(S(=O)(=O)NCC2CCCO2)c1C. The molecule has 1 heterocycles. The minimum absolute atomic E-state index is 0.0350. The van der Waals surface area contributed by atoms with Gasteiger partial charge in [-0.3, -0.25) is 0 Å². The van der Waals surface area contributed by atoms with E-state index >= 15 is 0 Å². The van der Waals surface area contributed by atoms with Gasteiger partial charge in [-0.05, 0) is 49.4 Å². The molecule has 2 rings (SSSR count). The zero-order valence-electron chi connectivity index (χ0n) is 11.8. The van der Waals surface area contributed by atoms with Crippen LogP contribution in [0.25, 0.3) is 0 Å². The molecule has 0 spiro atoms. The summed E-state index contributed by atoms with van der Waals surface area (Å²) in [7, 11) is -3.57. The molecule has 112 valence electrons. The van der Waals surface area contributed by atoms with E-state index in [1.807, 2.05) is 6.92 Å². The third kappa shape index (κ3) is 3.38. The van der Waals surface area contributed by atoms with Crippen LogP contribution in [0.15, 0.2) is 17.0 Å². The van der Waals surface area contributed by atoms with Gasteiger partial charge in [0, 0.05) is 13.2 Å². The van der Waals surface area contributed by atoms with Gasteiger partial charge in [-0.2, -0.15) is 0 Å². The molecular formula is C14H21NO4S. The number of aliphatic hydroxyl groups is 1. The molecule has 1 aliphatic heterocycles. The molecular weight excluding hydrogens is 278 g/mol. The molecule has 6 heteroatoms. The van der Waals surface area contributed by atoms with Gasteiger partial charge in [-0.15, -0.1) is 0 Å². The third-order valence-corrected chi connectivity index (χ3v) is 5.23. The van der Waals surface area contributed by atoms with Crippen molar-refractivity contribution in [1.29, 1.82) is 0 Å². The first-order chi connectivity index (χ1) is 9.44. The van der Waals surface area contributed by atoms with Crippen LogP contribution in [-0.2, 0) is 21.4 Å². The molecule has 0 aliphatic carbocycles. The van der Waals surface area contributed by atoms with Crippen LogP contribution in [-0.4, -0.2) is 32.8 Å². The molecule has 2 N–H and O–H groups in total. The van der Waals surface area contributed by atoms with Gasteiger partial charge in [0.25, 0.3) is 0 Å². The number of nitrogens with one attached hydrogen (secondary N) is 1. The highest BCUT2D eigenvalue weighted by Gasteiger charge is 2.22. The number of benzene rings is 1. The zero-order chi connectivity index (χ0) is 14.8. The summed E-state index contributed by atoms with van der Waals surface area (Å²) in [5.74, 6) is 0. The monoisotopic (exact) mass is 299 g/mol. The fraction of sp³-hybridized carbons (Fsp3) is 0.571. The van der Waals surface area contributed by atoms with E-state index in [1.54, 1.807) is 13.0 Å². The van der Waals surface area contributed by atoms with Crippen molar-refractivity contribution in [2.24, 2.45) is 0 Å². The maximum atomic E-state index is 12.4. The second-order valence-corrected chi connectivity index (χ2v) is 6.92. The maximum Gasteiger partial charge on any atom is 0.240 e. The van der Waals surface area contributed by atoms with Crippen molar-refractivity contribution in [2.75, 3.05) is 13.2 Å². The average molecular weight is 299 g/mol. The van der Waals surface area contributed by atoms with Crippen molar-refractivity contribution in [3.63, 3.8) is 0 Å². The Morgan fingerprint density at radius 2 is 2.15 bits per heavy atom. The van der Waals surface area contributed by atoms with Crippen LogP contribution in [0.2, 0.25) is 0 Å². The van der Waals surface area contributed by atoms with E-state index in [2.05, 4.69) is 4.72 Å². The number of rotatable bonds is 5. The molecule has 1 aliphatic rings. The van der Waals surface area contributed by atoms with Crippen LogP contribution in [0.3, 0.4) is 0 Å². The predicted molar refractivity (Wildman–Crippen MR) is 76.0 cm³/mol. The molecule has 1 unspecified atom stereocenters. The Morgan fingerprint density at radius 3 is 2.75 bits per heavy atom. The second-order valence-electron chi connectivity index (χ2n) is 5.18. The summed E-state index contributed by atoms with van der Waals surface area (Å²) in [5, 5.41) is 9.21. The van der Waals surface area contributed by atoms with E-state index < -0.39 is 10.0 Å². The first kappa shape index (κ1) is 15.4. The van der Waals surface area contributed by atoms with Gasteiger partial charge >= 0.3 is 0 Å². The molecule has 1 fully saturated rings. The molecule has 20 heavy (non-hydrogen) atoms. The molecule has 0 amide bonds. The lowest BCUT2D eigenvalue weighted by atomic mass is 10.1. The minimum atomic E-state index is -3.57. The normalized spacial score (nSPS) is 19.4. The van der Waals surface area contributed by atoms with Crippen molar-refractivity contribution in [2.45, 2.75) is 44.3 Å². The molecule has 1 saturated heterocycles.